The summed E-state index contributed by atoms with van der Waals surface area (Å²) in [5.41, 5.74) is 6.15. The van der Waals surface area contributed by atoms with Crippen LogP contribution in [0.5, 0.6) is 5.75 Å². The molecule has 3 heteroatoms. The van der Waals surface area contributed by atoms with E-state index in [1.54, 1.807) is 6.07 Å². The Hall–Kier alpha value is -1.09. The minimum absolute atomic E-state index is 0.321. The third-order valence-electron chi connectivity index (χ3n) is 2.82. The van der Waals surface area contributed by atoms with E-state index < -0.39 is 5.54 Å². The maximum Gasteiger partial charge on any atom is 0.165 e. The van der Waals surface area contributed by atoms with Crippen molar-refractivity contribution in [3.63, 3.8) is 0 Å². The van der Waals surface area contributed by atoms with Crippen molar-refractivity contribution in [3.05, 3.63) is 29.6 Å². The lowest BCUT2D eigenvalue weighted by Crippen LogP contribution is -2.29. The van der Waals surface area contributed by atoms with Gasteiger partial charge in [-0.25, -0.2) is 4.39 Å². The van der Waals surface area contributed by atoms with E-state index in [0.29, 0.717) is 18.3 Å². The molecule has 2 N–H and O–H groups in total. The molecule has 1 aliphatic rings. The van der Waals surface area contributed by atoms with E-state index in [4.69, 9.17) is 10.5 Å². The molecule has 1 fully saturated rings. The highest BCUT2D eigenvalue weighted by Gasteiger charge is 2.26. The van der Waals surface area contributed by atoms with Crippen molar-refractivity contribution in [2.45, 2.75) is 32.2 Å². The van der Waals surface area contributed by atoms with Crippen LogP contribution in [0.3, 0.4) is 0 Å². The van der Waals surface area contributed by atoms with Crippen molar-refractivity contribution in [3.8, 4) is 5.75 Å². The van der Waals surface area contributed by atoms with Gasteiger partial charge < -0.3 is 10.5 Å². The molecule has 2 rings (SSSR count). The fourth-order valence-electron chi connectivity index (χ4n) is 1.65. The van der Waals surface area contributed by atoms with Crippen molar-refractivity contribution in [1.82, 2.24) is 0 Å². The van der Waals surface area contributed by atoms with Gasteiger partial charge in [0.25, 0.3) is 0 Å². The second-order valence-corrected chi connectivity index (χ2v) is 5.09. The fourth-order valence-corrected chi connectivity index (χ4v) is 1.65. The van der Waals surface area contributed by atoms with Crippen LogP contribution in [0.1, 0.15) is 32.3 Å². The first-order chi connectivity index (χ1) is 7.48. The van der Waals surface area contributed by atoms with Crippen LogP contribution in [0.25, 0.3) is 0 Å². The number of hydrogen-bond donors (Lipinski definition) is 1. The first-order valence-corrected chi connectivity index (χ1v) is 5.69. The topological polar surface area (TPSA) is 35.2 Å². The van der Waals surface area contributed by atoms with Crippen LogP contribution in [0.4, 0.5) is 4.39 Å². The van der Waals surface area contributed by atoms with Crippen LogP contribution in [-0.4, -0.2) is 6.61 Å². The lowest BCUT2D eigenvalue weighted by molar-refractivity contribution is 0.276. The molecule has 0 aromatic heterocycles. The Bertz CT molecular complexity index is 380. The summed E-state index contributed by atoms with van der Waals surface area (Å²) in [4.78, 5) is 0. The molecule has 0 heterocycles. The first-order valence-electron chi connectivity index (χ1n) is 5.69. The molecule has 0 atom stereocenters. The van der Waals surface area contributed by atoms with Crippen LogP contribution in [0, 0.1) is 11.7 Å². The van der Waals surface area contributed by atoms with Crippen LogP contribution >= 0.6 is 0 Å². The number of hydrogen-bond acceptors (Lipinski definition) is 2. The largest absolute Gasteiger partial charge is 0.490 e. The average Bonchev–Trinajstić information content (AvgIpc) is 2.97. The highest BCUT2D eigenvalue weighted by atomic mass is 19.1. The molecule has 0 spiro atoms. The van der Waals surface area contributed by atoms with E-state index in [1.165, 1.54) is 18.9 Å². The van der Waals surface area contributed by atoms with Gasteiger partial charge in [-0.3, -0.25) is 0 Å². The Morgan fingerprint density at radius 1 is 1.44 bits per heavy atom. The van der Waals surface area contributed by atoms with Gasteiger partial charge in [-0.05, 0) is 38.7 Å². The van der Waals surface area contributed by atoms with Crippen molar-refractivity contribution in [1.29, 1.82) is 0 Å². The molecular formula is C13H18FNO. The Morgan fingerprint density at radius 3 is 2.69 bits per heavy atom. The number of ether oxygens (including phenoxy) is 1. The normalized spacial score (nSPS) is 16.2. The number of benzene rings is 1. The molecule has 1 saturated carbocycles. The highest BCUT2D eigenvalue weighted by molar-refractivity contribution is 5.39. The standard InChI is InChI=1S/C13H18FNO/c1-13(2,15)10-4-3-5-11(14)12(10)16-8-9-6-7-9/h3-5,9H,6-8,15H2,1-2H3. The van der Waals surface area contributed by atoms with Gasteiger partial charge in [-0.1, -0.05) is 12.1 Å². The predicted octanol–water partition coefficient (Wildman–Crippen LogP) is 2.81. The van der Waals surface area contributed by atoms with Gasteiger partial charge in [0.2, 0.25) is 0 Å². The molecule has 2 nitrogen and oxygen atoms in total. The predicted molar refractivity (Wildman–Crippen MR) is 61.8 cm³/mol. The smallest absolute Gasteiger partial charge is 0.165 e. The molecule has 0 radical (unpaired) electrons. The first kappa shape index (κ1) is 11.4. The fraction of sp³-hybridized carbons (Fsp3) is 0.538. The van der Waals surface area contributed by atoms with E-state index in [1.807, 2.05) is 19.9 Å². The quantitative estimate of drug-likeness (QED) is 0.851. The summed E-state index contributed by atoms with van der Waals surface area (Å²) in [6, 6.07) is 4.91. The molecule has 0 unspecified atom stereocenters. The van der Waals surface area contributed by atoms with Gasteiger partial charge >= 0.3 is 0 Å². The van der Waals surface area contributed by atoms with E-state index in [9.17, 15) is 4.39 Å². The lowest BCUT2D eigenvalue weighted by Gasteiger charge is -2.23. The van der Waals surface area contributed by atoms with Crippen LogP contribution in [0.15, 0.2) is 18.2 Å². The SMILES string of the molecule is CC(C)(N)c1cccc(F)c1OCC1CC1. The summed E-state index contributed by atoms with van der Waals surface area (Å²) in [5.74, 6) is 0.604. The zero-order chi connectivity index (χ0) is 11.8. The third kappa shape index (κ3) is 2.53. The van der Waals surface area contributed by atoms with E-state index in [0.717, 1.165) is 5.56 Å². The number of halogens is 1. The van der Waals surface area contributed by atoms with Crippen molar-refractivity contribution in [2.24, 2.45) is 11.7 Å². The third-order valence-corrected chi connectivity index (χ3v) is 2.82. The van der Waals surface area contributed by atoms with Gasteiger partial charge in [-0.2, -0.15) is 0 Å². The van der Waals surface area contributed by atoms with Gasteiger partial charge in [0.15, 0.2) is 11.6 Å². The summed E-state index contributed by atoms with van der Waals surface area (Å²) in [6.45, 7) is 4.31. The molecule has 1 aromatic carbocycles. The molecule has 1 aromatic rings. The van der Waals surface area contributed by atoms with Crippen molar-refractivity contribution in [2.75, 3.05) is 6.61 Å². The zero-order valence-corrected chi connectivity index (χ0v) is 9.79. The van der Waals surface area contributed by atoms with Gasteiger partial charge in [0.1, 0.15) is 0 Å². The van der Waals surface area contributed by atoms with Crippen LogP contribution in [0.2, 0.25) is 0 Å². The van der Waals surface area contributed by atoms with Gasteiger partial charge in [0, 0.05) is 11.1 Å². The minimum atomic E-state index is -0.582. The zero-order valence-electron chi connectivity index (χ0n) is 9.79. The van der Waals surface area contributed by atoms with E-state index >= 15 is 0 Å². The molecular weight excluding hydrogens is 205 g/mol. The van der Waals surface area contributed by atoms with Crippen LogP contribution in [-0.2, 0) is 5.54 Å². The molecule has 0 aliphatic heterocycles. The average molecular weight is 223 g/mol. The highest BCUT2D eigenvalue weighted by Crippen LogP contribution is 2.34. The Balaban J connectivity index is 2.24. The molecule has 1 aliphatic carbocycles. The second-order valence-electron chi connectivity index (χ2n) is 5.09. The summed E-state index contributed by atoms with van der Waals surface area (Å²) in [5, 5.41) is 0. The Labute approximate surface area is 95.6 Å². The maximum atomic E-state index is 13.7. The second kappa shape index (κ2) is 4.06. The van der Waals surface area contributed by atoms with E-state index in [-0.39, 0.29) is 5.82 Å². The van der Waals surface area contributed by atoms with Gasteiger partial charge in [0.05, 0.1) is 6.61 Å². The van der Waals surface area contributed by atoms with Crippen LogP contribution < -0.4 is 10.5 Å². The monoisotopic (exact) mass is 223 g/mol. The molecule has 0 amide bonds. The summed E-state index contributed by atoms with van der Waals surface area (Å²) in [7, 11) is 0. The van der Waals surface area contributed by atoms with Crippen molar-refractivity contribution < 1.29 is 9.13 Å². The Morgan fingerprint density at radius 2 is 2.12 bits per heavy atom. The molecule has 16 heavy (non-hydrogen) atoms. The summed E-state index contributed by atoms with van der Waals surface area (Å²) >= 11 is 0. The molecule has 88 valence electrons. The van der Waals surface area contributed by atoms with Crippen molar-refractivity contribution >= 4 is 0 Å². The Kier molecular flexibility index (Phi) is 2.89. The number of nitrogens with two attached hydrogens (primary N) is 1. The maximum absolute atomic E-state index is 13.7. The number of para-hydroxylation sites is 1. The summed E-state index contributed by atoms with van der Waals surface area (Å²) < 4.78 is 19.2. The summed E-state index contributed by atoms with van der Waals surface area (Å²) in [6.07, 6.45) is 2.38. The van der Waals surface area contributed by atoms with E-state index in [2.05, 4.69) is 0 Å². The molecule has 0 bridgehead atoms. The number of rotatable bonds is 4. The van der Waals surface area contributed by atoms with Gasteiger partial charge in [-0.15, -0.1) is 0 Å². The molecule has 0 saturated heterocycles. The lowest BCUT2D eigenvalue weighted by atomic mass is 9.94. The minimum Gasteiger partial charge on any atom is -0.490 e.